The number of carbonyl (C=O) groups excluding carboxylic acids is 2. The van der Waals surface area contributed by atoms with Crippen molar-refractivity contribution >= 4 is 11.8 Å². The molecule has 2 fully saturated rings. The molecule has 0 N–H and O–H groups in total. The second-order valence-electron chi connectivity index (χ2n) is 11.9. The summed E-state index contributed by atoms with van der Waals surface area (Å²) in [6.07, 6.45) is 2.41. The molecule has 2 saturated heterocycles. The van der Waals surface area contributed by atoms with E-state index in [0.717, 1.165) is 51.3 Å². The number of piperidine rings is 1. The number of likely N-dealkylation sites (tertiary alicyclic amines) is 1. The van der Waals surface area contributed by atoms with Gasteiger partial charge in [-0.1, -0.05) is 63.2 Å². The summed E-state index contributed by atoms with van der Waals surface area (Å²) in [4.78, 5) is 32.0. The van der Waals surface area contributed by atoms with Gasteiger partial charge in [-0.3, -0.25) is 14.5 Å². The summed E-state index contributed by atoms with van der Waals surface area (Å²) in [6, 6.07) is 19.4. The smallest absolute Gasteiger partial charge is 0.223 e. The van der Waals surface area contributed by atoms with Gasteiger partial charge in [-0.25, -0.2) is 0 Å². The molecule has 2 aromatic rings. The van der Waals surface area contributed by atoms with Crippen molar-refractivity contribution in [3.63, 3.8) is 0 Å². The first-order valence-electron chi connectivity index (χ1n) is 14.2. The molecule has 0 saturated carbocycles. The number of carbonyl (C=O) groups is 2. The number of hydrogen-bond acceptors (Lipinski definition) is 4. The molecular formula is C32H45N3O3. The molecule has 2 aliphatic heterocycles. The molecule has 0 spiro atoms. The zero-order valence-electron chi connectivity index (χ0n) is 23.9. The van der Waals surface area contributed by atoms with Crippen LogP contribution in [0.4, 0.5) is 0 Å². The second-order valence-corrected chi connectivity index (χ2v) is 11.9. The predicted octanol–water partition coefficient (Wildman–Crippen LogP) is 5.38. The van der Waals surface area contributed by atoms with Crippen LogP contribution in [0.2, 0.25) is 0 Å². The van der Waals surface area contributed by atoms with Gasteiger partial charge in [0.15, 0.2) is 0 Å². The first-order chi connectivity index (χ1) is 18.2. The number of nitrogens with zero attached hydrogens (tertiary/aromatic N) is 3. The molecule has 2 atom stereocenters. The molecule has 38 heavy (non-hydrogen) atoms. The fraction of sp³-hybridized carbons (Fsp3) is 0.562. The van der Waals surface area contributed by atoms with Gasteiger partial charge in [0, 0.05) is 52.1 Å². The zero-order valence-corrected chi connectivity index (χ0v) is 23.9. The van der Waals surface area contributed by atoms with E-state index in [-0.39, 0.29) is 29.3 Å². The largest absolute Gasteiger partial charge is 0.494 e. The Morgan fingerprint density at radius 3 is 2.13 bits per heavy atom. The van der Waals surface area contributed by atoms with Gasteiger partial charge < -0.3 is 14.5 Å². The van der Waals surface area contributed by atoms with Crippen LogP contribution in [0, 0.1) is 11.3 Å². The third kappa shape index (κ3) is 6.76. The van der Waals surface area contributed by atoms with Gasteiger partial charge in [-0.05, 0) is 54.4 Å². The Hall–Kier alpha value is -2.86. The van der Waals surface area contributed by atoms with Crippen LogP contribution in [-0.4, -0.2) is 71.9 Å². The molecule has 206 valence electrons. The minimum Gasteiger partial charge on any atom is -0.494 e. The van der Waals surface area contributed by atoms with E-state index >= 15 is 0 Å². The molecule has 2 unspecified atom stereocenters. The lowest BCUT2D eigenvalue weighted by Gasteiger charge is -2.50. The minimum atomic E-state index is -0.0492. The van der Waals surface area contributed by atoms with Crippen molar-refractivity contribution in [1.29, 1.82) is 0 Å². The molecule has 6 heteroatoms. The molecule has 2 aliphatic rings. The van der Waals surface area contributed by atoms with E-state index in [1.807, 2.05) is 11.8 Å². The van der Waals surface area contributed by atoms with Crippen molar-refractivity contribution in [3.05, 3.63) is 65.7 Å². The first-order valence-corrected chi connectivity index (χ1v) is 14.2. The summed E-state index contributed by atoms with van der Waals surface area (Å²) in [7, 11) is 0. The SMILES string of the molecule is CCOc1ccc(C(c2ccccc2)N2CCN(C(=O)CC3CCN(C(C)=O)CC3)C(C(C)(C)C)C2)cc1. The highest BCUT2D eigenvalue weighted by atomic mass is 16.5. The van der Waals surface area contributed by atoms with Crippen molar-refractivity contribution in [2.24, 2.45) is 11.3 Å². The van der Waals surface area contributed by atoms with Crippen molar-refractivity contribution in [3.8, 4) is 5.75 Å². The van der Waals surface area contributed by atoms with Crippen molar-refractivity contribution < 1.29 is 14.3 Å². The maximum absolute atomic E-state index is 13.7. The van der Waals surface area contributed by atoms with Gasteiger partial charge in [0.1, 0.15) is 5.75 Å². The van der Waals surface area contributed by atoms with Gasteiger partial charge in [-0.15, -0.1) is 0 Å². The zero-order chi connectivity index (χ0) is 27.3. The Kier molecular flexibility index (Phi) is 9.14. The molecule has 2 heterocycles. The maximum Gasteiger partial charge on any atom is 0.223 e. The van der Waals surface area contributed by atoms with Crippen molar-refractivity contribution in [2.75, 3.05) is 39.3 Å². The standard InChI is InChI=1S/C32H45N3O3/c1-6-38-28-14-12-27(13-15-28)31(26-10-8-7-9-11-26)34-20-21-35(29(23-34)32(3,4)5)30(37)22-25-16-18-33(19-17-25)24(2)36/h7-15,25,29,31H,6,16-23H2,1-5H3. The lowest BCUT2D eigenvalue weighted by Crippen LogP contribution is -2.60. The van der Waals surface area contributed by atoms with E-state index in [9.17, 15) is 9.59 Å². The first kappa shape index (κ1) is 28.2. The highest BCUT2D eigenvalue weighted by molar-refractivity contribution is 5.77. The normalized spacial score (nSPS) is 20.3. The van der Waals surface area contributed by atoms with Gasteiger partial charge in [0.2, 0.25) is 11.8 Å². The minimum absolute atomic E-state index is 0.0492. The Morgan fingerprint density at radius 1 is 0.921 bits per heavy atom. The van der Waals surface area contributed by atoms with Crippen LogP contribution in [0.5, 0.6) is 5.75 Å². The Morgan fingerprint density at radius 2 is 1.55 bits per heavy atom. The second kappa shape index (κ2) is 12.3. The summed E-state index contributed by atoms with van der Waals surface area (Å²) in [6.45, 7) is 15.0. The Labute approximate surface area is 228 Å². The highest BCUT2D eigenvalue weighted by Gasteiger charge is 2.40. The molecule has 0 aromatic heterocycles. The molecule has 2 amide bonds. The van der Waals surface area contributed by atoms with Gasteiger partial charge in [0.05, 0.1) is 12.6 Å². The third-order valence-electron chi connectivity index (χ3n) is 8.24. The quantitative estimate of drug-likeness (QED) is 0.493. The molecule has 0 radical (unpaired) electrons. The summed E-state index contributed by atoms with van der Waals surface area (Å²) in [5.41, 5.74) is 2.46. The van der Waals surface area contributed by atoms with E-state index in [0.29, 0.717) is 18.9 Å². The fourth-order valence-corrected chi connectivity index (χ4v) is 6.06. The number of ether oxygens (including phenoxy) is 1. The van der Waals surface area contributed by atoms with Crippen LogP contribution >= 0.6 is 0 Å². The van der Waals surface area contributed by atoms with Crippen LogP contribution in [0.3, 0.4) is 0 Å². The van der Waals surface area contributed by atoms with Crippen molar-refractivity contribution in [1.82, 2.24) is 14.7 Å². The van der Waals surface area contributed by atoms with Gasteiger partial charge in [-0.2, -0.15) is 0 Å². The van der Waals surface area contributed by atoms with Crippen LogP contribution in [-0.2, 0) is 9.59 Å². The summed E-state index contributed by atoms with van der Waals surface area (Å²) >= 11 is 0. The van der Waals surface area contributed by atoms with E-state index in [1.165, 1.54) is 11.1 Å². The topological polar surface area (TPSA) is 53.1 Å². The molecular weight excluding hydrogens is 474 g/mol. The number of piperazine rings is 1. The summed E-state index contributed by atoms with van der Waals surface area (Å²) in [5, 5.41) is 0. The fourth-order valence-electron chi connectivity index (χ4n) is 6.06. The highest BCUT2D eigenvalue weighted by Crippen LogP contribution is 2.36. The Bertz CT molecular complexity index is 1060. The van der Waals surface area contributed by atoms with E-state index in [1.54, 1.807) is 6.92 Å². The average Bonchev–Trinajstić information content (AvgIpc) is 2.90. The maximum atomic E-state index is 13.7. The molecule has 0 bridgehead atoms. The van der Waals surface area contributed by atoms with E-state index in [4.69, 9.17) is 4.74 Å². The van der Waals surface area contributed by atoms with Gasteiger partial charge in [0.25, 0.3) is 0 Å². The number of rotatable bonds is 7. The lowest BCUT2D eigenvalue weighted by molar-refractivity contribution is -0.141. The summed E-state index contributed by atoms with van der Waals surface area (Å²) in [5.74, 6) is 1.65. The van der Waals surface area contributed by atoms with Crippen LogP contribution in [0.15, 0.2) is 54.6 Å². The third-order valence-corrected chi connectivity index (χ3v) is 8.24. The lowest BCUT2D eigenvalue weighted by atomic mass is 9.82. The number of benzene rings is 2. The van der Waals surface area contributed by atoms with E-state index < -0.39 is 0 Å². The van der Waals surface area contributed by atoms with Crippen LogP contribution in [0.1, 0.15) is 71.0 Å². The molecule has 4 rings (SSSR count). The number of hydrogen-bond donors (Lipinski definition) is 0. The van der Waals surface area contributed by atoms with Crippen molar-refractivity contribution in [2.45, 2.75) is 66.0 Å². The number of amides is 2. The average molecular weight is 520 g/mol. The van der Waals surface area contributed by atoms with E-state index in [2.05, 4.69) is 85.2 Å². The summed E-state index contributed by atoms with van der Waals surface area (Å²) < 4.78 is 5.70. The monoisotopic (exact) mass is 519 g/mol. The van der Waals surface area contributed by atoms with Gasteiger partial charge >= 0.3 is 0 Å². The Balaban J connectivity index is 1.52. The van der Waals surface area contributed by atoms with Crippen LogP contribution in [0.25, 0.3) is 0 Å². The predicted molar refractivity (Wildman–Crippen MR) is 152 cm³/mol. The molecule has 0 aliphatic carbocycles. The van der Waals surface area contributed by atoms with Crippen LogP contribution < -0.4 is 4.74 Å². The molecule has 2 aromatic carbocycles. The molecule has 6 nitrogen and oxygen atoms in total.